The summed E-state index contributed by atoms with van der Waals surface area (Å²) in [7, 11) is 0. The van der Waals surface area contributed by atoms with Crippen LogP contribution in [0, 0.1) is 23.7 Å². The molecular formula is C28H25NO3. The number of benzene rings is 3. The number of carbonyl (C=O) groups is 1. The molecule has 0 aliphatic heterocycles. The van der Waals surface area contributed by atoms with Crippen LogP contribution in [0.5, 0.6) is 5.75 Å². The van der Waals surface area contributed by atoms with Crippen molar-refractivity contribution in [2.75, 3.05) is 13.2 Å². The van der Waals surface area contributed by atoms with Crippen LogP contribution in [-0.4, -0.2) is 19.2 Å². The third-order valence-corrected chi connectivity index (χ3v) is 5.03. The van der Waals surface area contributed by atoms with Crippen LogP contribution in [-0.2, 0) is 4.74 Å². The Labute approximate surface area is 189 Å². The van der Waals surface area contributed by atoms with E-state index >= 15 is 0 Å². The average molecular weight is 424 g/mol. The molecule has 4 nitrogen and oxygen atoms in total. The molecule has 3 aromatic rings. The van der Waals surface area contributed by atoms with Crippen molar-refractivity contribution in [2.24, 2.45) is 0 Å². The second-order valence-electron chi connectivity index (χ2n) is 7.33. The van der Waals surface area contributed by atoms with E-state index in [0.29, 0.717) is 24.3 Å². The van der Waals surface area contributed by atoms with Crippen molar-refractivity contribution >= 4 is 5.97 Å². The van der Waals surface area contributed by atoms with Gasteiger partial charge in [0, 0.05) is 5.56 Å². The summed E-state index contributed by atoms with van der Waals surface area (Å²) in [4.78, 5) is 12.0. The maximum absolute atomic E-state index is 12.0. The molecule has 0 unspecified atom stereocenters. The highest BCUT2D eigenvalue weighted by Gasteiger charge is 2.06. The first-order valence-corrected chi connectivity index (χ1v) is 10.7. The van der Waals surface area contributed by atoms with Crippen LogP contribution < -0.4 is 4.74 Å². The summed E-state index contributed by atoms with van der Waals surface area (Å²) >= 11 is 0. The zero-order valence-corrected chi connectivity index (χ0v) is 17.9. The van der Waals surface area contributed by atoms with Gasteiger partial charge in [0.25, 0.3) is 0 Å². The monoisotopic (exact) mass is 423 g/mol. The quantitative estimate of drug-likeness (QED) is 0.228. The molecule has 0 spiro atoms. The SMILES string of the molecule is C#Cc1ccc(C(=O)OCCCCCCOc2ccc(-c3ccc(C#N)cc3)cc2)cc1. The number of rotatable bonds is 10. The summed E-state index contributed by atoms with van der Waals surface area (Å²) in [6.07, 6.45) is 9.07. The van der Waals surface area contributed by atoms with Gasteiger partial charge in [-0.2, -0.15) is 5.26 Å². The molecule has 3 aromatic carbocycles. The van der Waals surface area contributed by atoms with Crippen molar-refractivity contribution in [3.63, 3.8) is 0 Å². The Morgan fingerprint density at radius 2 is 1.31 bits per heavy atom. The lowest BCUT2D eigenvalue weighted by atomic mass is 10.0. The van der Waals surface area contributed by atoms with Crippen molar-refractivity contribution in [1.82, 2.24) is 0 Å². The maximum atomic E-state index is 12.0. The standard InChI is InChI=1S/C28H25NO3/c1-2-22-7-13-26(14-8-22)28(30)32-20-6-4-3-5-19-31-27-17-15-25(16-18-27)24-11-9-23(21-29)10-12-24/h1,7-18H,3-6,19-20H2. The van der Waals surface area contributed by atoms with E-state index in [0.717, 1.165) is 48.1 Å². The number of esters is 1. The number of hydrogen-bond acceptors (Lipinski definition) is 4. The van der Waals surface area contributed by atoms with Crippen molar-refractivity contribution in [3.05, 3.63) is 89.5 Å². The molecule has 4 heteroatoms. The number of unbranched alkanes of at least 4 members (excludes halogenated alkanes) is 3. The Morgan fingerprint density at radius 3 is 1.91 bits per heavy atom. The van der Waals surface area contributed by atoms with E-state index in [1.54, 1.807) is 24.3 Å². The number of terminal acetylenes is 1. The molecular weight excluding hydrogens is 398 g/mol. The summed E-state index contributed by atoms with van der Waals surface area (Å²) in [5, 5.41) is 8.89. The molecule has 0 radical (unpaired) electrons. The molecule has 3 rings (SSSR count). The number of hydrogen-bond donors (Lipinski definition) is 0. The fraction of sp³-hybridized carbons (Fsp3) is 0.214. The Balaban J connectivity index is 1.28. The van der Waals surface area contributed by atoms with E-state index in [2.05, 4.69) is 12.0 Å². The van der Waals surface area contributed by atoms with Crippen LogP contribution in [0.15, 0.2) is 72.8 Å². The van der Waals surface area contributed by atoms with Gasteiger partial charge in [-0.1, -0.05) is 30.2 Å². The van der Waals surface area contributed by atoms with Gasteiger partial charge >= 0.3 is 5.97 Å². The second kappa shape index (κ2) is 12.0. The van der Waals surface area contributed by atoms with Gasteiger partial charge in [-0.15, -0.1) is 6.42 Å². The van der Waals surface area contributed by atoms with Crippen molar-refractivity contribution in [1.29, 1.82) is 5.26 Å². The zero-order chi connectivity index (χ0) is 22.6. The zero-order valence-electron chi connectivity index (χ0n) is 17.9. The molecule has 160 valence electrons. The number of ether oxygens (including phenoxy) is 2. The Bertz CT molecular complexity index is 1090. The van der Waals surface area contributed by atoms with Crippen LogP contribution in [0.4, 0.5) is 0 Å². The predicted octanol–water partition coefficient (Wildman–Crippen LogP) is 6.00. The first-order chi connectivity index (χ1) is 15.7. The van der Waals surface area contributed by atoms with E-state index in [1.807, 2.05) is 48.5 Å². The molecule has 0 aliphatic carbocycles. The lowest BCUT2D eigenvalue weighted by Crippen LogP contribution is -2.06. The molecule has 0 amide bonds. The third kappa shape index (κ3) is 6.76. The molecule has 0 atom stereocenters. The number of carbonyl (C=O) groups excluding carboxylic acids is 1. The predicted molar refractivity (Wildman–Crippen MR) is 125 cm³/mol. The fourth-order valence-electron chi connectivity index (χ4n) is 3.18. The third-order valence-electron chi connectivity index (χ3n) is 5.03. The second-order valence-corrected chi connectivity index (χ2v) is 7.33. The topological polar surface area (TPSA) is 59.3 Å². The minimum Gasteiger partial charge on any atom is -0.494 e. The van der Waals surface area contributed by atoms with Crippen LogP contribution in [0.25, 0.3) is 11.1 Å². The minimum absolute atomic E-state index is 0.318. The minimum atomic E-state index is -0.318. The Kier molecular flexibility index (Phi) is 8.49. The van der Waals surface area contributed by atoms with E-state index in [9.17, 15) is 4.79 Å². The highest BCUT2D eigenvalue weighted by molar-refractivity contribution is 5.89. The van der Waals surface area contributed by atoms with Gasteiger partial charge in [0.15, 0.2) is 0 Å². The molecule has 0 saturated heterocycles. The molecule has 0 aromatic heterocycles. The van der Waals surface area contributed by atoms with Gasteiger partial charge in [-0.05, 0) is 85.3 Å². The normalized spacial score (nSPS) is 10.1. The summed E-state index contributed by atoms with van der Waals surface area (Å²) in [6, 6.07) is 24.5. The number of nitrogens with zero attached hydrogens (tertiary/aromatic N) is 1. The van der Waals surface area contributed by atoms with Crippen LogP contribution in [0.1, 0.15) is 47.2 Å². The smallest absolute Gasteiger partial charge is 0.338 e. The molecule has 0 bridgehead atoms. The van der Waals surface area contributed by atoms with Gasteiger partial charge < -0.3 is 9.47 Å². The van der Waals surface area contributed by atoms with Crippen molar-refractivity contribution < 1.29 is 14.3 Å². The van der Waals surface area contributed by atoms with E-state index in [4.69, 9.17) is 21.2 Å². The van der Waals surface area contributed by atoms with Gasteiger partial charge in [-0.3, -0.25) is 0 Å². The van der Waals surface area contributed by atoms with Crippen LogP contribution in [0.2, 0.25) is 0 Å². The molecule has 0 N–H and O–H groups in total. The Morgan fingerprint density at radius 1 is 0.750 bits per heavy atom. The van der Waals surface area contributed by atoms with Crippen molar-refractivity contribution in [2.45, 2.75) is 25.7 Å². The largest absolute Gasteiger partial charge is 0.494 e. The average Bonchev–Trinajstić information content (AvgIpc) is 2.86. The summed E-state index contributed by atoms with van der Waals surface area (Å²) in [6.45, 7) is 1.06. The van der Waals surface area contributed by atoms with Crippen molar-refractivity contribution in [3.8, 4) is 35.3 Å². The first-order valence-electron chi connectivity index (χ1n) is 10.7. The van der Waals surface area contributed by atoms with Gasteiger partial charge in [0.2, 0.25) is 0 Å². The summed E-state index contributed by atoms with van der Waals surface area (Å²) in [5.74, 6) is 3.04. The summed E-state index contributed by atoms with van der Waals surface area (Å²) in [5.41, 5.74) is 4.07. The molecule has 32 heavy (non-hydrogen) atoms. The van der Waals surface area contributed by atoms with Gasteiger partial charge in [0.1, 0.15) is 5.75 Å². The Hall–Kier alpha value is -4.02. The van der Waals surface area contributed by atoms with E-state index in [1.165, 1.54) is 0 Å². The lowest BCUT2D eigenvalue weighted by molar-refractivity contribution is 0.0497. The molecule has 0 aliphatic rings. The fourth-order valence-corrected chi connectivity index (χ4v) is 3.18. The van der Waals surface area contributed by atoms with E-state index < -0.39 is 0 Å². The highest BCUT2D eigenvalue weighted by atomic mass is 16.5. The number of nitriles is 1. The molecule has 0 heterocycles. The lowest BCUT2D eigenvalue weighted by Gasteiger charge is -2.08. The van der Waals surface area contributed by atoms with E-state index in [-0.39, 0.29) is 5.97 Å². The molecule has 0 fully saturated rings. The maximum Gasteiger partial charge on any atom is 0.338 e. The van der Waals surface area contributed by atoms with Gasteiger partial charge in [0.05, 0.1) is 30.4 Å². The summed E-state index contributed by atoms with van der Waals surface area (Å²) < 4.78 is 11.1. The molecule has 0 saturated carbocycles. The first kappa shape index (κ1) is 22.7. The highest BCUT2D eigenvalue weighted by Crippen LogP contribution is 2.23. The van der Waals surface area contributed by atoms with Gasteiger partial charge in [-0.25, -0.2) is 4.79 Å². The van der Waals surface area contributed by atoms with Crippen LogP contribution in [0.3, 0.4) is 0 Å². The van der Waals surface area contributed by atoms with Crippen LogP contribution >= 0.6 is 0 Å².